The highest BCUT2D eigenvalue weighted by Crippen LogP contribution is 2.30. The van der Waals surface area contributed by atoms with E-state index < -0.39 is 15.9 Å². The van der Waals surface area contributed by atoms with Crippen molar-refractivity contribution in [3.05, 3.63) is 76.5 Å². The highest BCUT2D eigenvalue weighted by molar-refractivity contribution is 7.89. The molecule has 1 amide bonds. The van der Waals surface area contributed by atoms with Gasteiger partial charge in [0.25, 0.3) is 5.91 Å². The Morgan fingerprint density at radius 2 is 1.79 bits per heavy atom. The fourth-order valence-electron chi connectivity index (χ4n) is 2.73. The average molecular weight is 434 g/mol. The number of rotatable bonds is 8. The van der Waals surface area contributed by atoms with Crippen molar-refractivity contribution in [1.82, 2.24) is 15.2 Å². The average Bonchev–Trinajstić information content (AvgIpc) is 3.09. The maximum atomic E-state index is 12.6. The van der Waals surface area contributed by atoms with Gasteiger partial charge in [0.05, 0.1) is 10.8 Å². The Morgan fingerprint density at radius 3 is 2.52 bits per heavy atom. The summed E-state index contributed by atoms with van der Waals surface area (Å²) in [4.78, 5) is 12.6. The van der Waals surface area contributed by atoms with E-state index in [-0.39, 0.29) is 24.4 Å². The summed E-state index contributed by atoms with van der Waals surface area (Å²) >= 11 is 6.19. The number of nitrogens with zero attached hydrogens (tertiary/aromatic N) is 1. The smallest absolute Gasteiger partial charge is 0.257 e. The SMILES string of the molecule is Cc1onc(-c2ccccc2Cl)c1C(=O)NCCS(=O)(=O)NCc1ccccc1. The van der Waals surface area contributed by atoms with Gasteiger partial charge < -0.3 is 9.84 Å². The van der Waals surface area contributed by atoms with Gasteiger partial charge in [0.1, 0.15) is 17.0 Å². The van der Waals surface area contributed by atoms with Crippen LogP contribution in [0.3, 0.4) is 0 Å². The van der Waals surface area contributed by atoms with E-state index in [1.807, 2.05) is 30.3 Å². The first-order valence-corrected chi connectivity index (χ1v) is 10.9. The van der Waals surface area contributed by atoms with Crippen molar-refractivity contribution in [2.75, 3.05) is 12.3 Å². The summed E-state index contributed by atoms with van der Waals surface area (Å²) < 4.78 is 32.0. The Hall–Kier alpha value is -2.68. The zero-order valence-electron chi connectivity index (χ0n) is 15.7. The third-order valence-corrected chi connectivity index (χ3v) is 5.87. The Labute approximate surface area is 174 Å². The molecule has 1 aromatic heterocycles. The number of hydrogen-bond donors (Lipinski definition) is 2. The lowest BCUT2D eigenvalue weighted by atomic mass is 10.1. The van der Waals surface area contributed by atoms with Crippen LogP contribution in [0.5, 0.6) is 0 Å². The first-order chi connectivity index (χ1) is 13.9. The summed E-state index contributed by atoms with van der Waals surface area (Å²) in [6, 6.07) is 16.1. The highest BCUT2D eigenvalue weighted by Gasteiger charge is 2.23. The molecule has 0 spiro atoms. The summed E-state index contributed by atoms with van der Waals surface area (Å²) in [7, 11) is -3.55. The minimum Gasteiger partial charge on any atom is -0.360 e. The summed E-state index contributed by atoms with van der Waals surface area (Å²) in [6.45, 7) is 1.74. The number of halogens is 1. The van der Waals surface area contributed by atoms with Gasteiger partial charge in [-0.1, -0.05) is 65.3 Å². The van der Waals surface area contributed by atoms with Crippen molar-refractivity contribution >= 4 is 27.5 Å². The number of benzene rings is 2. The third-order valence-electron chi connectivity index (χ3n) is 4.21. The van der Waals surface area contributed by atoms with E-state index in [4.69, 9.17) is 16.1 Å². The minimum atomic E-state index is -3.55. The van der Waals surface area contributed by atoms with Gasteiger partial charge in [0.2, 0.25) is 10.0 Å². The Morgan fingerprint density at radius 1 is 1.10 bits per heavy atom. The molecule has 0 fully saturated rings. The molecule has 0 unspecified atom stereocenters. The second-order valence-corrected chi connectivity index (χ2v) is 8.66. The standard InChI is InChI=1S/C20H20ClN3O4S/c1-14-18(19(24-28-14)16-9-5-6-10-17(16)21)20(25)22-11-12-29(26,27)23-13-15-7-3-2-4-8-15/h2-10,23H,11-13H2,1H3,(H,22,25). The van der Waals surface area contributed by atoms with Crippen LogP contribution in [-0.4, -0.2) is 31.8 Å². The van der Waals surface area contributed by atoms with Crippen LogP contribution in [0.1, 0.15) is 21.7 Å². The van der Waals surface area contributed by atoms with Gasteiger partial charge in [0.15, 0.2) is 0 Å². The molecule has 29 heavy (non-hydrogen) atoms. The normalized spacial score (nSPS) is 11.4. The summed E-state index contributed by atoms with van der Waals surface area (Å²) in [5.41, 5.74) is 1.96. The molecule has 9 heteroatoms. The second kappa shape index (κ2) is 9.21. The van der Waals surface area contributed by atoms with Crippen LogP contribution in [0.4, 0.5) is 0 Å². The molecule has 0 aliphatic heterocycles. The van der Waals surface area contributed by atoms with Crippen LogP contribution in [-0.2, 0) is 16.6 Å². The number of carbonyl (C=O) groups is 1. The van der Waals surface area contributed by atoms with Crippen molar-refractivity contribution in [1.29, 1.82) is 0 Å². The van der Waals surface area contributed by atoms with Crippen LogP contribution in [0.25, 0.3) is 11.3 Å². The maximum absolute atomic E-state index is 12.6. The molecule has 2 N–H and O–H groups in total. The fraction of sp³-hybridized carbons (Fsp3) is 0.200. The zero-order valence-corrected chi connectivity index (χ0v) is 17.3. The van der Waals surface area contributed by atoms with Gasteiger partial charge in [-0.3, -0.25) is 4.79 Å². The van der Waals surface area contributed by atoms with E-state index >= 15 is 0 Å². The summed E-state index contributed by atoms with van der Waals surface area (Å²) in [6.07, 6.45) is 0. The number of aromatic nitrogens is 1. The molecule has 3 rings (SSSR count). The molecule has 0 bridgehead atoms. The molecule has 1 heterocycles. The molecule has 0 saturated heterocycles. The largest absolute Gasteiger partial charge is 0.360 e. The van der Waals surface area contributed by atoms with Gasteiger partial charge in [-0.2, -0.15) is 0 Å². The van der Waals surface area contributed by atoms with Crippen LogP contribution < -0.4 is 10.0 Å². The number of carbonyl (C=O) groups excluding carboxylic acids is 1. The Balaban J connectivity index is 1.62. The first kappa shape index (κ1) is 21.0. The fourth-order valence-corrected chi connectivity index (χ4v) is 3.85. The van der Waals surface area contributed by atoms with E-state index in [1.54, 1.807) is 31.2 Å². The summed E-state index contributed by atoms with van der Waals surface area (Å²) in [5, 5.41) is 6.98. The predicted molar refractivity (Wildman–Crippen MR) is 111 cm³/mol. The number of nitrogens with one attached hydrogen (secondary N) is 2. The predicted octanol–water partition coefficient (Wildman–Crippen LogP) is 3.15. The molecule has 152 valence electrons. The maximum Gasteiger partial charge on any atom is 0.257 e. The lowest BCUT2D eigenvalue weighted by molar-refractivity contribution is 0.0955. The number of aryl methyl sites for hydroxylation is 1. The zero-order chi connectivity index (χ0) is 20.9. The van der Waals surface area contributed by atoms with E-state index in [0.29, 0.717) is 22.0 Å². The Kier molecular flexibility index (Phi) is 6.68. The van der Waals surface area contributed by atoms with Crippen LogP contribution in [0.2, 0.25) is 5.02 Å². The summed E-state index contributed by atoms with van der Waals surface area (Å²) in [5.74, 6) is -0.406. The third kappa shape index (κ3) is 5.44. The van der Waals surface area contributed by atoms with Crippen LogP contribution >= 0.6 is 11.6 Å². The molecule has 2 aromatic carbocycles. The van der Waals surface area contributed by atoms with Gasteiger partial charge in [-0.15, -0.1) is 0 Å². The number of sulfonamides is 1. The van der Waals surface area contributed by atoms with Crippen molar-refractivity contribution < 1.29 is 17.7 Å². The van der Waals surface area contributed by atoms with E-state index in [1.165, 1.54) is 0 Å². The van der Waals surface area contributed by atoms with E-state index in [0.717, 1.165) is 5.56 Å². The van der Waals surface area contributed by atoms with Gasteiger partial charge >= 0.3 is 0 Å². The van der Waals surface area contributed by atoms with Gasteiger partial charge in [-0.05, 0) is 18.6 Å². The van der Waals surface area contributed by atoms with Gasteiger partial charge in [-0.25, -0.2) is 13.1 Å². The van der Waals surface area contributed by atoms with E-state index in [2.05, 4.69) is 15.2 Å². The van der Waals surface area contributed by atoms with Crippen LogP contribution in [0, 0.1) is 6.92 Å². The molecule has 3 aromatic rings. The van der Waals surface area contributed by atoms with Crippen LogP contribution in [0.15, 0.2) is 59.1 Å². The molecular formula is C20H20ClN3O4S. The second-order valence-electron chi connectivity index (χ2n) is 6.32. The molecule has 0 aliphatic carbocycles. The molecule has 0 atom stereocenters. The topological polar surface area (TPSA) is 101 Å². The minimum absolute atomic E-state index is 0.0600. The monoisotopic (exact) mass is 433 g/mol. The lowest BCUT2D eigenvalue weighted by Crippen LogP contribution is -2.34. The molecule has 0 saturated carbocycles. The van der Waals surface area contributed by atoms with Crippen molar-refractivity contribution in [3.63, 3.8) is 0 Å². The van der Waals surface area contributed by atoms with Crippen molar-refractivity contribution in [2.24, 2.45) is 0 Å². The molecule has 0 aliphatic rings. The first-order valence-electron chi connectivity index (χ1n) is 8.88. The quantitative estimate of drug-likeness (QED) is 0.568. The van der Waals surface area contributed by atoms with Crippen molar-refractivity contribution in [2.45, 2.75) is 13.5 Å². The highest BCUT2D eigenvalue weighted by atomic mass is 35.5. The molecular weight excluding hydrogens is 414 g/mol. The number of hydrogen-bond acceptors (Lipinski definition) is 5. The van der Waals surface area contributed by atoms with E-state index in [9.17, 15) is 13.2 Å². The molecule has 7 nitrogen and oxygen atoms in total. The Bertz CT molecular complexity index is 1100. The van der Waals surface area contributed by atoms with Crippen molar-refractivity contribution in [3.8, 4) is 11.3 Å². The van der Waals surface area contributed by atoms with Gasteiger partial charge in [0, 0.05) is 18.7 Å². The lowest BCUT2D eigenvalue weighted by Gasteiger charge is -2.09. The number of amides is 1. The molecule has 0 radical (unpaired) electrons.